The van der Waals surface area contributed by atoms with Crippen molar-refractivity contribution >= 4 is 39.4 Å². The Morgan fingerprint density at radius 2 is 1.50 bits per heavy atom. The van der Waals surface area contributed by atoms with Crippen LogP contribution in [0.2, 0.25) is 5.02 Å². The van der Waals surface area contributed by atoms with E-state index in [4.69, 9.17) is 16.3 Å². The zero-order chi connectivity index (χ0) is 25.4. The zero-order valence-corrected chi connectivity index (χ0v) is 20.6. The number of para-hydroxylation sites is 1. The van der Waals surface area contributed by atoms with E-state index in [2.05, 4.69) is 10.5 Å². The van der Waals surface area contributed by atoms with Gasteiger partial charge in [-0.05, 0) is 66.2 Å². The molecular weight excluding hydrogens is 498 g/mol. The van der Waals surface area contributed by atoms with Gasteiger partial charge in [-0.15, -0.1) is 0 Å². The summed E-state index contributed by atoms with van der Waals surface area (Å²) in [6.45, 7) is -0.479. The smallest absolute Gasteiger partial charge is 0.264 e. The molecule has 0 atom stereocenters. The lowest BCUT2D eigenvalue weighted by Gasteiger charge is -2.23. The second-order valence-electron chi connectivity index (χ2n) is 7.58. The van der Waals surface area contributed by atoms with Crippen LogP contribution in [0.4, 0.5) is 5.69 Å². The van der Waals surface area contributed by atoms with E-state index < -0.39 is 22.5 Å². The molecule has 0 aliphatic carbocycles. The van der Waals surface area contributed by atoms with Crippen molar-refractivity contribution in [3.63, 3.8) is 0 Å². The quantitative estimate of drug-likeness (QED) is 0.234. The fourth-order valence-corrected chi connectivity index (χ4v) is 4.84. The van der Waals surface area contributed by atoms with Gasteiger partial charge >= 0.3 is 0 Å². The summed E-state index contributed by atoms with van der Waals surface area (Å²) in [5.41, 5.74) is 3.38. The molecule has 7 nitrogen and oxygen atoms in total. The number of benzene rings is 4. The van der Waals surface area contributed by atoms with Crippen molar-refractivity contribution in [2.45, 2.75) is 4.90 Å². The number of halogens is 1. The number of amides is 1. The molecule has 0 bridgehead atoms. The standard InChI is InChI=1S/C27H22ClN3O4S/c28-22-14-16-23(17-15-22)31(36(33,34)26-12-5-2-6-13-26)20-27(32)30-29-19-21-8-7-11-25(18-21)35-24-9-3-1-4-10-24/h1-19H,20H2,(H,30,32)/b29-19+. The average molecular weight is 520 g/mol. The molecule has 182 valence electrons. The molecule has 0 saturated heterocycles. The number of sulfonamides is 1. The molecular formula is C27H22ClN3O4S. The fraction of sp³-hybridized carbons (Fsp3) is 0.0370. The van der Waals surface area contributed by atoms with Crippen LogP contribution in [0, 0.1) is 0 Å². The molecule has 4 aromatic rings. The third-order valence-electron chi connectivity index (χ3n) is 4.97. The molecule has 0 radical (unpaired) electrons. The molecule has 0 aliphatic rings. The van der Waals surface area contributed by atoms with Gasteiger partial charge in [-0.1, -0.05) is 60.1 Å². The van der Waals surface area contributed by atoms with Gasteiger partial charge in [0.2, 0.25) is 0 Å². The van der Waals surface area contributed by atoms with E-state index in [1.165, 1.54) is 30.5 Å². The van der Waals surface area contributed by atoms with Crippen LogP contribution in [0.15, 0.2) is 119 Å². The number of nitrogens with one attached hydrogen (secondary N) is 1. The van der Waals surface area contributed by atoms with Crippen molar-refractivity contribution in [1.82, 2.24) is 5.43 Å². The minimum absolute atomic E-state index is 0.0616. The minimum atomic E-state index is -4.01. The first-order valence-electron chi connectivity index (χ1n) is 10.9. The van der Waals surface area contributed by atoms with E-state index in [1.54, 1.807) is 54.6 Å². The van der Waals surface area contributed by atoms with Crippen molar-refractivity contribution < 1.29 is 17.9 Å². The second kappa shape index (κ2) is 11.5. The highest BCUT2D eigenvalue weighted by atomic mass is 35.5. The number of hydrazone groups is 1. The molecule has 0 fully saturated rings. The SMILES string of the molecule is O=C(CN(c1ccc(Cl)cc1)S(=O)(=O)c1ccccc1)N/N=C/c1cccc(Oc2ccccc2)c1. The molecule has 9 heteroatoms. The molecule has 0 heterocycles. The maximum atomic E-state index is 13.3. The monoisotopic (exact) mass is 519 g/mol. The molecule has 36 heavy (non-hydrogen) atoms. The van der Waals surface area contributed by atoms with Crippen LogP contribution in [-0.4, -0.2) is 27.1 Å². The number of rotatable bonds is 9. The van der Waals surface area contributed by atoms with Crippen LogP contribution in [0.25, 0.3) is 0 Å². The topological polar surface area (TPSA) is 88.1 Å². The Morgan fingerprint density at radius 3 is 2.19 bits per heavy atom. The lowest BCUT2D eigenvalue weighted by Crippen LogP contribution is -2.39. The molecule has 0 saturated carbocycles. The summed E-state index contributed by atoms with van der Waals surface area (Å²) >= 11 is 5.96. The Hall–Kier alpha value is -4.14. The molecule has 4 rings (SSSR count). The second-order valence-corrected chi connectivity index (χ2v) is 9.88. The van der Waals surface area contributed by atoms with E-state index in [0.29, 0.717) is 27.8 Å². The zero-order valence-electron chi connectivity index (χ0n) is 19.0. The highest BCUT2D eigenvalue weighted by Gasteiger charge is 2.27. The summed E-state index contributed by atoms with van der Waals surface area (Å²) in [5.74, 6) is 0.693. The van der Waals surface area contributed by atoms with Gasteiger partial charge < -0.3 is 4.74 Å². The summed E-state index contributed by atoms with van der Waals surface area (Å²) in [7, 11) is -4.01. The van der Waals surface area contributed by atoms with Gasteiger partial charge in [0.1, 0.15) is 18.0 Å². The van der Waals surface area contributed by atoms with E-state index in [9.17, 15) is 13.2 Å². The molecule has 0 aliphatic heterocycles. The summed E-state index contributed by atoms with van der Waals surface area (Å²) in [4.78, 5) is 12.7. The van der Waals surface area contributed by atoms with Crippen LogP contribution in [0.5, 0.6) is 11.5 Å². The number of ether oxygens (including phenoxy) is 1. The average Bonchev–Trinajstić information content (AvgIpc) is 2.89. The molecule has 1 amide bonds. The first-order valence-corrected chi connectivity index (χ1v) is 12.7. The fourth-order valence-electron chi connectivity index (χ4n) is 3.27. The van der Waals surface area contributed by atoms with E-state index in [1.807, 2.05) is 30.3 Å². The normalized spacial score (nSPS) is 11.2. The lowest BCUT2D eigenvalue weighted by atomic mass is 10.2. The number of carbonyl (C=O) groups excluding carboxylic acids is 1. The summed E-state index contributed by atoms with van der Waals surface area (Å²) in [6.07, 6.45) is 1.45. The number of carbonyl (C=O) groups is 1. The Kier molecular flexibility index (Phi) is 7.99. The summed E-state index contributed by atoms with van der Waals surface area (Å²) in [5, 5.41) is 4.43. The molecule has 0 unspecified atom stereocenters. The predicted octanol–water partition coefficient (Wildman–Crippen LogP) is 5.48. The molecule has 4 aromatic carbocycles. The number of anilines is 1. The van der Waals surface area contributed by atoms with Crippen molar-refractivity contribution in [2.75, 3.05) is 10.8 Å². The highest BCUT2D eigenvalue weighted by Crippen LogP contribution is 2.25. The van der Waals surface area contributed by atoms with Gasteiger partial charge in [0.05, 0.1) is 16.8 Å². The largest absolute Gasteiger partial charge is 0.457 e. The van der Waals surface area contributed by atoms with Crippen LogP contribution < -0.4 is 14.5 Å². The molecule has 0 spiro atoms. The van der Waals surface area contributed by atoms with Crippen LogP contribution in [0.1, 0.15) is 5.56 Å². The maximum Gasteiger partial charge on any atom is 0.264 e. The van der Waals surface area contributed by atoms with Gasteiger partial charge in [-0.25, -0.2) is 13.8 Å². The number of hydrogen-bond acceptors (Lipinski definition) is 5. The Balaban J connectivity index is 1.47. The van der Waals surface area contributed by atoms with Gasteiger partial charge in [0.15, 0.2) is 0 Å². The van der Waals surface area contributed by atoms with Crippen molar-refractivity contribution in [3.05, 3.63) is 120 Å². The predicted molar refractivity (Wildman–Crippen MR) is 141 cm³/mol. The van der Waals surface area contributed by atoms with E-state index in [0.717, 1.165) is 4.31 Å². The first kappa shape index (κ1) is 25.0. The Bertz CT molecular complexity index is 1450. The third-order valence-corrected chi connectivity index (χ3v) is 7.01. The highest BCUT2D eigenvalue weighted by molar-refractivity contribution is 7.92. The molecule has 1 N–H and O–H groups in total. The molecule has 0 aromatic heterocycles. The van der Waals surface area contributed by atoms with Crippen molar-refractivity contribution in [3.8, 4) is 11.5 Å². The Labute approximate surface area is 214 Å². The van der Waals surface area contributed by atoms with Crippen molar-refractivity contribution in [1.29, 1.82) is 0 Å². The maximum absolute atomic E-state index is 13.3. The van der Waals surface area contributed by atoms with Crippen LogP contribution in [0.3, 0.4) is 0 Å². The van der Waals surface area contributed by atoms with Crippen LogP contribution >= 0.6 is 11.6 Å². The van der Waals surface area contributed by atoms with Gasteiger partial charge in [0.25, 0.3) is 15.9 Å². The van der Waals surface area contributed by atoms with Crippen LogP contribution in [-0.2, 0) is 14.8 Å². The Morgan fingerprint density at radius 1 is 0.861 bits per heavy atom. The first-order chi connectivity index (χ1) is 17.4. The lowest BCUT2D eigenvalue weighted by molar-refractivity contribution is -0.119. The van der Waals surface area contributed by atoms with Gasteiger partial charge in [0, 0.05) is 5.02 Å². The number of nitrogens with zero attached hydrogens (tertiary/aromatic N) is 2. The van der Waals surface area contributed by atoms with E-state index >= 15 is 0 Å². The third kappa shape index (κ3) is 6.50. The summed E-state index contributed by atoms with van der Waals surface area (Å²) < 4.78 is 33.4. The van der Waals surface area contributed by atoms with Gasteiger partial charge in [-0.2, -0.15) is 5.10 Å². The van der Waals surface area contributed by atoms with Crippen molar-refractivity contribution in [2.24, 2.45) is 5.10 Å². The van der Waals surface area contributed by atoms with Gasteiger partial charge in [-0.3, -0.25) is 9.10 Å². The minimum Gasteiger partial charge on any atom is -0.457 e. The van der Waals surface area contributed by atoms with E-state index in [-0.39, 0.29) is 4.90 Å². The number of hydrogen-bond donors (Lipinski definition) is 1. The summed E-state index contributed by atoms with van der Waals surface area (Å²) in [6, 6.07) is 30.6.